The summed E-state index contributed by atoms with van der Waals surface area (Å²) in [5, 5.41) is 4.49. The summed E-state index contributed by atoms with van der Waals surface area (Å²) in [5.41, 5.74) is 3.92. The van der Waals surface area contributed by atoms with Crippen LogP contribution in [0.1, 0.15) is 42.6 Å². The molecular formula is C32H41N5O4S. The lowest BCUT2D eigenvalue weighted by Crippen LogP contribution is -2.48. The van der Waals surface area contributed by atoms with Crippen molar-refractivity contribution in [3.63, 3.8) is 0 Å². The first kappa shape index (κ1) is 28.7. The van der Waals surface area contributed by atoms with Crippen molar-refractivity contribution >= 4 is 29.4 Å². The predicted molar refractivity (Wildman–Crippen MR) is 167 cm³/mol. The topological polar surface area (TPSA) is 83.3 Å². The van der Waals surface area contributed by atoms with Gasteiger partial charge in [0.2, 0.25) is 0 Å². The molecule has 2 aliphatic heterocycles. The van der Waals surface area contributed by atoms with Gasteiger partial charge in [0.25, 0.3) is 5.91 Å². The number of amides is 1. The summed E-state index contributed by atoms with van der Waals surface area (Å²) in [4.78, 5) is 20.8. The zero-order valence-corrected chi connectivity index (χ0v) is 25.8. The van der Waals surface area contributed by atoms with Crippen LogP contribution in [0, 0.1) is 11.8 Å². The lowest BCUT2D eigenvalue weighted by molar-refractivity contribution is 0.0642. The van der Waals surface area contributed by atoms with E-state index in [2.05, 4.69) is 57.8 Å². The van der Waals surface area contributed by atoms with Gasteiger partial charge >= 0.3 is 0 Å². The minimum absolute atomic E-state index is 0.00528. The molecule has 10 heteroatoms. The third-order valence-corrected chi connectivity index (χ3v) is 9.83. The molecule has 3 fully saturated rings. The van der Waals surface area contributed by atoms with E-state index in [4.69, 9.17) is 14.0 Å². The van der Waals surface area contributed by atoms with Crippen LogP contribution in [0.3, 0.4) is 0 Å². The molecule has 2 unspecified atom stereocenters. The number of anilines is 2. The average Bonchev–Trinajstić information content (AvgIpc) is 3.55. The molecule has 1 aromatic heterocycles. The standard InChI is InChI=1S/C32H41N5O4S/c1-5-35-12-14-37(15-13-35)32(38)24-19-27(39-3)30(28(20-24)40-4)42-34-31-26(18-23-16-21(23)2)29(41-33-31)22-8-6-9-25(17-22)36-10-7-11-36/h6,8-9,17,19-21,23H,5,7,10-16,18H2,1-4H3,(H,33,34). The number of piperazine rings is 1. The molecule has 1 aliphatic carbocycles. The van der Waals surface area contributed by atoms with Crippen molar-refractivity contribution in [2.24, 2.45) is 11.8 Å². The maximum atomic E-state index is 13.4. The number of carbonyl (C=O) groups is 1. The number of nitrogens with zero attached hydrogens (tertiary/aromatic N) is 4. The van der Waals surface area contributed by atoms with Crippen molar-refractivity contribution in [1.82, 2.24) is 15.0 Å². The van der Waals surface area contributed by atoms with E-state index in [9.17, 15) is 4.79 Å². The zero-order chi connectivity index (χ0) is 29.2. The van der Waals surface area contributed by atoms with Gasteiger partial charge in [-0.1, -0.05) is 31.1 Å². The highest BCUT2D eigenvalue weighted by atomic mass is 32.2. The number of ether oxygens (including phenoxy) is 2. The minimum Gasteiger partial charge on any atom is -0.495 e. The second-order valence-electron chi connectivity index (χ2n) is 11.5. The molecule has 0 spiro atoms. The van der Waals surface area contributed by atoms with Gasteiger partial charge in [0.05, 0.1) is 14.2 Å². The smallest absolute Gasteiger partial charge is 0.254 e. The highest BCUT2D eigenvalue weighted by molar-refractivity contribution is 8.00. The first-order valence-corrected chi connectivity index (χ1v) is 15.8. The number of benzene rings is 2. The van der Waals surface area contributed by atoms with Crippen molar-refractivity contribution < 1.29 is 18.8 Å². The molecular weight excluding hydrogens is 550 g/mol. The van der Waals surface area contributed by atoms with Crippen LogP contribution < -0.4 is 19.1 Å². The molecule has 1 saturated carbocycles. The van der Waals surface area contributed by atoms with E-state index >= 15 is 0 Å². The van der Waals surface area contributed by atoms with E-state index < -0.39 is 0 Å². The lowest BCUT2D eigenvalue weighted by Gasteiger charge is -2.34. The Morgan fingerprint density at radius 2 is 1.79 bits per heavy atom. The van der Waals surface area contributed by atoms with Crippen molar-refractivity contribution in [3.05, 3.63) is 47.5 Å². The fourth-order valence-electron chi connectivity index (χ4n) is 5.82. The molecule has 9 nitrogen and oxygen atoms in total. The van der Waals surface area contributed by atoms with Crippen LogP contribution in [-0.2, 0) is 6.42 Å². The van der Waals surface area contributed by atoms with Gasteiger partial charge in [0, 0.05) is 61.6 Å². The van der Waals surface area contributed by atoms with Crippen LogP contribution in [0.15, 0.2) is 45.8 Å². The summed E-state index contributed by atoms with van der Waals surface area (Å²) in [6.07, 6.45) is 3.36. The maximum absolute atomic E-state index is 13.4. The van der Waals surface area contributed by atoms with Crippen LogP contribution in [0.4, 0.5) is 11.5 Å². The van der Waals surface area contributed by atoms with Crippen LogP contribution in [0.25, 0.3) is 11.3 Å². The van der Waals surface area contributed by atoms with E-state index in [0.29, 0.717) is 47.8 Å². The number of nitrogens with one attached hydrogen (secondary N) is 1. The fourth-order valence-corrected chi connectivity index (χ4v) is 6.67. The molecule has 2 aromatic carbocycles. The van der Waals surface area contributed by atoms with Gasteiger partial charge in [0.1, 0.15) is 16.4 Å². The number of likely N-dealkylation sites (N-methyl/N-ethyl adjacent to an activating group) is 1. The monoisotopic (exact) mass is 591 g/mol. The molecule has 3 heterocycles. The Morgan fingerprint density at radius 1 is 1.07 bits per heavy atom. The first-order chi connectivity index (χ1) is 20.5. The van der Waals surface area contributed by atoms with Gasteiger partial charge in [0.15, 0.2) is 11.6 Å². The van der Waals surface area contributed by atoms with Crippen LogP contribution >= 0.6 is 11.9 Å². The molecule has 1 amide bonds. The molecule has 2 atom stereocenters. The van der Waals surface area contributed by atoms with E-state index in [1.165, 1.54) is 30.5 Å². The number of carbonyl (C=O) groups excluding carboxylic acids is 1. The van der Waals surface area contributed by atoms with Crippen molar-refractivity contribution in [3.8, 4) is 22.8 Å². The molecule has 0 bridgehead atoms. The summed E-state index contributed by atoms with van der Waals surface area (Å²) in [7, 11) is 3.23. The second kappa shape index (κ2) is 12.5. The molecule has 224 valence electrons. The van der Waals surface area contributed by atoms with Gasteiger partial charge in [-0.2, -0.15) is 0 Å². The van der Waals surface area contributed by atoms with Gasteiger partial charge in [-0.05, 0) is 73.9 Å². The van der Waals surface area contributed by atoms with Gasteiger partial charge < -0.3 is 33.4 Å². The third-order valence-electron chi connectivity index (χ3n) is 8.92. The Hall–Kier alpha value is -3.37. The van der Waals surface area contributed by atoms with Gasteiger partial charge in [-0.3, -0.25) is 4.79 Å². The predicted octanol–water partition coefficient (Wildman–Crippen LogP) is 5.66. The Balaban J connectivity index is 1.24. The summed E-state index contributed by atoms with van der Waals surface area (Å²) in [6.45, 7) is 10.9. The molecule has 1 N–H and O–H groups in total. The summed E-state index contributed by atoms with van der Waals surface area (Å²) >= 11 is 1.36. The Morgan fingerprint density at radius 3 is 2.38 bits per heavy atom. The maximum Gasteiger partial charge on any atom is 0.254 e. The molecule has 0 radical (unpaired) electrons. The van der Waals surface area contributed by atoms with Crippen LogP contribution in [0.5, 0.6) is 11.5 Å². The number of hydrogen-bond acceptors (Lipinski definition) is 9. The Bertz CT molecular complexity index is 1390. The highest BCUT2D eigenvalue weighted by Crippen LogP contribution is 2.46. The summed E-state index contributed by atoms with van der Waals surface area (Å²) < 4.78 is 21.0. The molecule has 6 rings (SSSR count). The van der Waals surface area contributed by atoms with Crippen molar-refractivity contribution in [1.29, 1.82) is 0 Å². The zero-order valence-electron chi connectivity index (χ0n) is 25.0. The second-order valence-corrected chi connectivity index (χ2v) is 12.4. The number of aromatic nitrogens is 1. The van der Waals surface area contributed by atoms with E-state index in [0.717, 1.165) is 60.9 Å². The van der Waals surface area contributed by atoms with Crippen LogP contribution in [-0.4, -0.2) is 80.9 Å². The molecule has 3 aliphatic rings. The normalized spacial score (nSPS) is 20.3. The number of rotatable bonds is 11. The molecule has 3 aromatic rings. The summed E-state index contributed by atoms with van der Waals surface area (Å²) in [6, 6.07) is 12.2. The van der Waals surface area contributed by atoms with E-state index in [-0.39, 0.29) is 5.91 Å². The summed E-state index contributed by atoms with van der Waals surface area (Å²) in [5.74, 6) is 4.01. The third kappa shape index (κ3) is 5.92. The fraction of sp³-hybridized carbons (Fsp3) is 0.500. The van der Waals surface area contributed by atoms with E-state index in [1.807, 2.05) is 17.0 Å². The van der Waals surface area contributed by atoms with Crippen molar-refractivity contribution in [2.75, 3.05) is 69.7 Å². The van der Waals surface area contributed by atoms with Gasteiger partial charge in [-0.25, -0.2) is 0 Å². The van der Waals surface area contributed by atoms with Gasteiger partial charge in [-0.15, -0.1) is 0 Å². The quantitative estimate of drug-likeness (QED) is 0.284. The highest BCUT2D eigenvalue weighted by Gasteiger charge is 2.35. The molecule has 42 heavy (non-hydrogen) atoms. The minimum atomic E-state index is -0.00528. The van der Waals surface area contributed by atoms with Crippen LogP contribution in [0.2, 0.25) is 0 Å². The van der Waals surface area contributed by atoms with E-state index in [1.54, 1.807) is 14.2 Å². The molecule has 2 saturated heterocycles. The SMILES string of the molecule is CCN1CCN(C(=O)c2cc(OC)c(SNc3noc(-c4cccc(N5CCC5)c4)c3CC3CC3C)c(OC)c2)CC1. The lowest BCUT2D eigenvalue weighted by atomic mass is 10.0. The average molecular weight is 592 g/mol. The first-order valence-electron chi connectivity index (χ1n) is 15.0. The Labute approximate surface area is 252 Å². The number of hydrogen-bond donors (Lipinski definition) is 1. The largest absolute Gasteiger partial charge is 0.495 e. The van der Waals surface area contributed by atoms with Crippen molar-refractivity contribution in [2.45, 2.75) is 38.0 Å². The number of methoxy groups -OCH3 is 2. The Kier molecular flexibility index (Phi) is 8.53.